The van der Waals surface area contributed by atoms with Gasteiger partial charge in [0, 0.05) is 17.5 Å². The van der Waals surface area contributed by atoms with E-state index in [2.05, 4.69) is 21.8 Å². The van der Waals surface area contributed by atoms with E-state index in [-0.39, 0.29) is 41.3 Å². The van der Waals surface area contributed by atoms with Crippen molar-refractivity contribution in [3.63, 3.8) is 0 Å². The van der Waals surface area contributed by atoms with Crippen molar-refractivity contribution in [2.75, 3.05) is 0 Å². The molecule has 2 aliphatic rings. The minimum atomic E-state index is -0.832. The Morgan fingerprint density at radius 3 is 2.42 bits per heavy atom. The second-order valence-corrected chi connectivity index (χ2v) is 9.39. The van der Waals surface area contributed by atoms with E-state index >= 15 is 0 Å². The van der Waals surface area contributed by atoms with Gasteiger partial charge in [-0.05, 0) is 60.8 Å². The second kappa shape index (κ2) is 9.85. The molecule has 3 unspecified atom stereocenters. The Balaban J connectivity index is 1.74. The number of halogens is 1. The van der Waals surface area contributed by atoms with E-state index in [1.54, 1.807) is 22.4 Å². The van der Waals surface area contributed by atoms with E-state index in [0.717, 1.165) is 62.9 Å². The van der Waals surface area contributed by atoms with Crippen LogP contribution in [0, 0.1) is 11.7 Å². The fraction of sp³-hybridized carbons (Fsp3) is 0.565. The molecule has 2 aromatic rings. The zero-order valence-electron chi connectivity index (χ0n) is 17.8. The summed E-state index contributed by atoms with van der Waals surface area (Å²) in [5, 5.41) is 8.79. The Morgan fingerprint density at radius 2 is 1.77 bits per heavy atom. The number of amides is 2. The number of aromatic nitrogens is 2. The quantitative estimate of drug-likeness (QED) is 0.712. The average molecular weight is 445 g/mol. The predicted molar refractivity (Wildman–Crippen MR) is 117 cm³/mol. The topological polar surface area (TPSA) is 75.2 Å². The molecule has 6 nitrogen and oxygen atoms in total. The van der Waals surface area contributed by atoms with Gasteiger partial charge in [-0.15, -0.1) is 5.10 Å². The predicted octanol–water partition coefficient (Wildman–Crippen LogP) is 4.50. The molecule has 31 heavy (non-hydrogen) atoms. The number of hydrogen-bond donors (Lipinski definition) is 1. The first-order chi connectivity index (χ1) is 15.0. The first-order valence-electron chi connectivity index (χ1n) is 11.2. The summed E-state index contributed by atoms with van der Waals surface area (Å²) in [5.74, 6) is -0.603. The normalized spacial score (nSPS) is 22.8. The highest BCUT2D eigenvalue weighted by Gasteiger charge is 2.41. The summed E-state index contributed by atoms with van der Waals surface area (Å²) >= 11 is 1.12. The average Bonchev–Trinajstić information content (AvgIpc) is 3.47. The molecule has 2 fully saturated rings. The lowest BCUT2D eigenvalue weighted by Crippen LogP contribution is -2.52. The highest BCUT2D eigenvalue weighted by molar-refractivity contribution is 7.03. The fourth-order valence-corrected chi connectivity index (χ4v) is 5.42. The minimum Gasteiger partial charge on any atom is -0.351 e. The van der Waals surface area contributed by atoms with Crippen LogP contribution in [0.3, 0.4) is 0 Å². The molecule has 3 atom stereocenters. The molecule has 8 heteroatoms. The second-order valence-electron chi connectivity index (χ2n) is 8.78. The van der Waals surface area contributed by atoms with Crippen molar-refractivity contribution in [3.05, 3.63) is 46.7 Å². The number of carbonyl (C=O) groups excluding carboxylic acids is 2. The Morgan fingerprint density at radius 1 is 1.10 bits per heavy atom. The SMILES string of the molecule is CC1CCCCC1N(C(=O)c1csnn1)C(C(=O)NC1CCCC1)c1ccc(F)cc1. The Bertz CT molecular complexity index is 883. The Kier molecular flexibility index (Phi) is 6.95. The van der Waals surface area contributed by atoms with E-state index in [9.17, 15) is 14.0 Å². The highest BCUT2D eigenvalue weighted by Crippen LogP contribution is 2.35. The van der Waals surface area contributed by atoms with Gasteiger partial charge in [-0.3, -0.25) is 9.59 Å². The van der Waals surface area contributed by atoms with Gasteiger partial charge >= 0.3 is 0 Å². The molecule has 2 saturated carbocycles. The van der Waals surface area contributed by atoms with Crippen molar-refractivity contribution in [1.82, 2.24) is 19.8 Å². The molecule has 1 heterocycles. The lowest BCUT2D eigenvalue weighted by Gasteiger charge is -2.42. The van der Waals surface area contributed by atoms with Crippen LogP contribution in [0.5, 0.6) is 0 Å². The van der Waals surface area contributed by atoms with Gasteiger partial charge in [0.25, 0.3) is 5.91 Å². The summed E-state index contributed by atoms with van der Waals surface area (Å²) in [5.41, 5.74) is 0.870. The van der Waals surface area contributed by atoms with E-state index in [1.165, 1.54) is 12.1 Å². The zero-order chi connectivity index (χ0) is 21.8. The molecular formula is C23H29FN4O2S. The smallest absolute Gasteiger partial charge is 0.276 e. The van der Waals surface area contributed by atoms with Crippen LogP contribution in [0.15, 0.2) is 29.6 Å². The molecule has 0 saturated heterocycles. The third kappa shape index (κ3) is 4.95. The van der Waals surface area contributed by atoms with E-state index in [4.69, 9.17) is 0 Å². The molecule has 166 valence electrons. The molecule has 1 aromatic carbocycles. The van der Waals surface area contributed by atoms with Crippen LogP contribution < -0.4 is 5.32 Å². The maximum Gasteiger partial charge on any atom is 0.276 e. The van der Waals surface area contributed by atoms with Gasteiger partial charge in [-0.2, -0.15) is 0 Å². The standard InChI is InChI=1S/C23H29FN4O2S/c1-15-6-2-5-9-20(15)28(23(30)19-14-31-27-26-19)21(16-10-12-17(24)13-11-16)22(29)25-18-7-3-4-8-18/h10-15,18,20-21H,2-9H2,1H3,(H,25,29). The number of benzene rings is 1. The Hall–Kier alpha value is -2.35. The largest absolute Gasteiger partial charge is 0.351 e. The van der Waals surface area contributed by atoms with E-state index < -0.39 is 6.04 Å². The van der Waals surface area contributed by atoms with Crippen LogP contribution >= 0.6 is 11.5 Å². The minimum absolute atomic E-state index is 0.0904. The van der Waals surface area contributed by atoms with Crippen molar-refractivity contribution >= 4 is 23.3 Å². The number of rotatable bonds is 6. The van der Waals surface area contributed by atoms with E-state index in [1.807, 2.05) is 0 Å². The molecule has 0 bridgehead atoms. The van der Waals surface area contributed by atoms with Crippen LogP contribution in [0.1, 0.15) is 80.4 Å². The van der Waals surface area contributed by atoms with Gasteiger partial charge in [0.15, 0.2) is 5.69 Å². The van der Waals surface area contributed by atoms with Crippen LogP contribution in [0.4, 0.5) is 4.39 Å². The number of carbonyl (C=O) groups is 2. The fourth-order valence-electron chi connectivity index (χ4n) is 4.99. The summed E-state index contributed by atoms with van der Waals surface area (Å²) < 4.78 is 17.5. The lowest BCUT2D eigenvalue weighted by molar-refractivity contribution is -0.128. The third-order valence-electron chi connectivity index (χ3n) is 6.65. The van der Waals surface area contributed by atoms with Crippen molar-refractivity contribution in [2.24, 2.45) is 5.92 Å². The summed E-state index contributed by atoms with van der Waals surface area (Å²) in [6.07, 6.45) is 8.06. The lowest BCUT2D eigenvalue weighted by atomic mass is 9.83. The summed E-state index contributed by atoms with van der Waals surface area (Å²) in [6, 6.07) is 5.12. The van der Waals surface area contributed by atoms with Gasteiger partial charge in [0.05, 0.1) is 0 Å². The van der Waals surface area contributed by atoms with Crippen molar-refractivity contribution in [1.29, 1.82) is 0 Å². The molecule has 2 amide bonds. The molecule has 1 N–H and O–H groups in total. The zero-order valence-corrected chi connectivity index (χ0v) is 18.6. The van der Waals surface area contributed by atoms with E-state index in [0.29, 0.717) is 5.56 Å². The van der Waals surface area contributed by atoms with Crippen molar-refractivity contribution in [3.8, 4) is 0 Å². The highest BCUT2D eigenvalue weighted by atomic mass is 32.1. The van der Waals surface area contributed by atoms with Crippen LogP contribution in [0.2, 0.25) is 0 Å². The van der Waals surface area contributed by atoms with Gasteiger partial charge in [-0.1, -0.05) is 49.2 Å². The summed E-state index contributed by atoms with van der Waals surface area (Å²) in [7, 11) is 0. The molecule has 0 radical (unpaired) electrons. The monoisotopic (exact) mass is 444 g/mol. The maximum absolute atomic E-state index is 13.7. The van der Waals surface area contributed by atoms with Gasteiger partial charge < -0.3 is 10.2 Å². The number of hydrogen-bond acceptors (Lipinski definition) is 5. The molecule has 4 rings (SSSR count). The summed E-state index contributed by atoms with van der Waals surface area (Å²) in [4.78, 5) is 29.0. The molecule has 0 aliphatic heterocycles. The van der Waals surface area contributed by atoms with Crippen molar-refractivity contribution in [2.45, 2.75) is 76.4 Å². The molecule has 0 spiro atoms. The number of nitrogens with zero attached hydrogens (tertiary/aromatic N) is 3. The third-order valence-corrected chi connectivity index (χ3v) is 7.16. The summed E-state index contributed by atoms with van der Waals surface area (Å²) in [6.45, 7) is 2.14. The first-order valence-corrected chi connectivity index (χ1v) is 12.0. The molecule has 1 aromatic heterocycles. The van der Waals surface area contributed by atoms with Gasteiger partial charge in [0.1, 0.15) is 11.9 Å². The van der Waals surface area contributed by atoms with Crippen LogP contribution in [-0.2, 0) is 4.79 Å². The van der Waals surface area contributed by atoms with Gasteiger partial charge in [0.2, 0.25) is 5.91 Å². The van der Waals surface area contributed by atoms with Crippen LogP contribution in [-0.4, -0.2) is 38.4 Å². The molecular weight excluding hydrogens is 415 g/mol. The van der Waals surface area contributed by atoms with Crippen LogP contribution in [0.25, 0.3) is 0 Å². The molecule has 2 aliphatic carbocycles. The maximum atomic E-state index is 13.7. The Labute approximate surface area is 186 Å². The number of nitrogens with one attached hydrogen (secondary N) is 1. The van der Waals surface area contributed by atoms with Gasteiger partial charge in [-0.25, -0.2) is 4.39 Å². The van der Waals surface area contributed by atoms with Crippen molar-refractivity contribution < 1.29 is 14.0 Å². The first kappa shape index (κ1) is 21.9.